The van der Waals surface area contributed by atoms with Crippen molar-refractivity contribution in [1.82, 2.24) is 20.3 Å². The fraction of sp³-hybridized carbons (Fsp3) is 0.565. The number of nitrogens with one attached hydrogen (secondary N) is 4. The number of rotatable bonds is 8. The Hall–Kier alpha value is -1.63. The third-order valence-electron chi connectivity index (χ3n) is 6.18. The first-order chi connectivity index (χ1) is 14.2. The summed E-state index contributed by atoms with van der Waals surface area (Å²) in [5.41, 5.74) is 3.82. The summed E-state index contributed by atoms with van der Waals surface area (Å²) < 4.78 is 2.74. The maximum atomic E-state index is 3.91. The standard InChI is InChI=1S/C23H36N5S/c1-24-14-19(15-25-2)18-12-17-6-9-26-16-22(17)23(13-18)27-20-7-10-28(11-8-20)29(3)21-4-5-21/h6,12-14,16,20-21,24-27H,4-5,7-11,15H2,1-3H3/q+1/b19-14+. The summed E-state index contributed by atoms with van der Waals surface area (Å²) in [4.78, 5) is 0. The van der Waals surface area contributed by atoms with Crippen molar-refractivity contribution < 1.29 is 0 Å². The van der Waals surface area contributed by atoms with Crippen LogP contribution in [-0.2, 0) is 11.1 Å². The van der Waals surface area contributed by atoms with Gasteiger partial charge in [0.15, 0.2) is 0 Å². The molecule has 158 valence electrons. The molecular weight excluding hydrogens is 378 g/mol. The number of likely N-dealkylation sites (N-methyl/N-ethyl adjacent to an activating group) is 1. The molecule has 1 atom stereocenters. The Labute approximate surface area is 178 Å². The van der Waals surface area contributed by atoms with Gasteiger partial charge in [-0.3, -0.25) is 0 Å². The van der Waals surface area contributed by atoms with Gasteiger partial charge in [-0.05, 0) is 48.4 Å². The Bertz CT molecular complexity index is 853. The molecule has 0 radical (unpaired) electrons. The topological polar surface area (TPSA) is 51.4 Å². The monoisotopic (exact) mass is 414 g/mol. The van der Waals surface area contributed by atoms with Gasteiger partial charge in [0.1, 0.15) is 11.5 Å². The van der Waals surface area contributed by atoms with E-state index < -0.39 is 0 Å². The van der Waals surface area contributed by atoms with Crippen molar-refractivity contribution in [3.63, 3.8) is 0 Å². The summed E-state index contributed by atoms with van der Waals surface area (Å²) in [6, 6.07) is 5.20. The minimum Gasteiger partial charge on any atom is -0.394 e. The molecule has 3 aliphatic rings. The largest absolute Gasteiger partial charge is 0.394 e. The number of hydrogen-bond donors (Lipinski definition) is 4. The van der Waals surface area contributed by atoms with Gasteiger partial charge in [-0.15, -0.1) is 4.31 Å². The molecule has 0 aromatic heterocycles. The molecule has 1 aromatic carbocycles. The van der Waals surface area contributed by atoms with Crippen molar-refractivity contribution in [2.45, 2.75) is 37.0 Å². The molecule has 1 saturated heterocycles. The number of piperidine rings is 1. The first kappa shape index (κ1) is 20.6. The van der Waals surface area contributed by atoms with Crippen LogP contribution >= 0.6 is 0 Å². The molecule has 4 rings (SSSR count). The van der Waals surface area contributed by atoms with Crippen LogP contribution in [-0.4, -0.2) is 62.1 Å². The van der Waals surface area contributed by atoms with Gasteiger partial charge >= 0.3 is 0 Å². The second-order valence-electron chi connectivity index (χ2n) is 8.34. The number of hydrogen-bond acceptors (Lipinski definition) is 5. The van der Waals surface area contributed by atoms with Crippen LogP contribution in [0.25, 0.3) is 17.8 Å². The molecule has 5 nitrogen and oxygen atoms in total. The number of nitrogens with zero attached hydrogens (tertiary/aromatic N) is 1. The van der Waals surface area contributed by atoms with Crippen molar-refractivity contribution in [3.8, 4) is 0 Å². The Morgan fingerprint density at radius 3 is 2.69 bits per heavy atom. The summed E-state index contributed by atoms with van der Waals surface area (Å²) in [6.07, 6.45) is 14.4. The summed E-state index contributed by atoms with van der Waals surface area (Å²) in [7, 11) is 3.97. The number of benzene rings is 1. The Morgan fingerprint density at radius 1 is 1.21 bits per heavy atom. The van der Waals surface area contributed by atoms with E-state index in [1.807, 2.05) is 14.1 Å². The zero-order valence-corrected chi connectivity index (χ0v) is 18.9. The third kappa shape index (κ3) is 4.93. The molecule has 29 heavy (non-hydrogen) atoms. The van der Waals surface area contributed by atoms with E-state index in [1.54, 1.807) is 0 Å². The molecule has 1 aromatic rings. The van der Waals surface area contributed by atoms with Gasteiger partial charge in [0.25, 0.3) is 0 Å². The molecule has 2 aliphatic heterocycles. The average molecular weight is 415 g/mol. The van der Waals surface area contributed by atoms with E-state index in [0.717, 1.165) is 18.3 Å². The summed E-state index contributed by atoms with van der Waals surface area (Å²) in [5, 5.41) is 17.4. The lowest BCUT2D eigenvalue weighted by molar-refractivity contribution is 0.353. The molecule has 0 spiro atoms. The first-order valence-corrected chi connectivity index (χ1v) is 12.6. The van der Waals surface area contributed by atoms with Gasteiger partial charge in [0.2, 0.25) is 0 Å². The number of anilines is 1. The van der Waals surface area contributed by atoms with Crippen molar-refractivity contribution in [2.75, 3.05) is 51.8 Å². The van der Waals surface area contributed by atoms with Crippen molar-refractivity contribution in [3.05, 3.63) is 34.3 Å². The van der Waals surface area contributed by atoms with Crippen molar-refractivity contribution in [1.29, 1.82) is 0 Å². The molecule has 0 amide bonds. The van der Waals surface area contributed by atoms with E-state index in [0.29, 0.717) is 17.1 Å². The molecular formula is C23H36N5S+. The second-order valence-corrected chi connectivity index (χ2v) is 10.6. The fourth-order valence-electron chi connectivity index (χ4n) is 4.37. The lowest BCUT2D eigenvalue weighted by Gasteiger charge is -2.31. The second kappa shape index (κ2) is 9.45. The normalized spacial score (nSPS) is 21.4. The molecule has 6 heteroatoms. The van der Waals surface area contributed by atoms with Crippen LogP contribution in [0.3, 0.4) is 0 Å². The van der Waals surface area contributed by atoms with E-state index in [9.17, 15) is 0 Å². The van der Waals surface area contributed by atoms with Crippen LogP contribution in [0.15, 0.2) is 18.3 Å². The lowest BCUT2D eigenvalue weighted by Crippen LogP contribution is -2.44. The van der Waals surface area contributed by atoms with Gasteiger partial charge in [-0.25, -0.2) is 0 Å². The summed E-state index contributed by atoms with van der Waals surface area (Å²) >= 11 is 0.488. The van der Waals surface area contributed by atoms with Gasteiger partial charge in [-0.1, -0.05) is 6.08 Å². The summed E-state index contributed by atoms with van der Waals surface area (Å²) in [6.45, 7) is 4.20. The zero-order valence-electron chi connectivity index (χ0n) is 18.1. The van der Waals surface area contributed by atoms with E-state index in [1.165, 1.54) is 66.0 Å². The fourth-order valence-corrected chi connectivity index (χ4v) is 6.40. The first-order valence-electron chi connectivity index (χ1n) is 10.9. The Kier molecular flexibility index (Phi) is 6.73. The van der Waals surface area contributed by atoms with Gasteiger partial charge in [-0.2, -0.15) is 0 Å². The van der Waals surface area contributed by atoms with Crippen LogP contribution in [0.5, 0.6) is 0 Å². The van der Waals surface area contributed by atoms with E-state index >= 15 is 0 Å². The molecule has 0 bridgehead atoms. The highest BCUT2D eigenvalue weighted by Crippen LogP contribution is 2.32. The molecule has 1 saturated carbocycles. The molecule has 4 N–H and O–H groups in total. The van der Waals surface area contributed by atoms with Crippen LogP contribution < -0.4 is 31.7 Å². The Morgan fingerprint density at radius 2 is 2.00 bits per heavy atom. The van der Waals surface area contributed by atoms with E-state index in [2.05, 4.69) is 62.4 Å². The van der Waals surface area contributed by atoms with Crippen molar-refractivity contribution in [2.24, 2.45) is 0 Å². The van der Waals surface area contributed by atoms with Crippen LogP contribution in [0.1, 0.15) is 31.2 Å². The highest BCUT2D eigenvalue weighted by molar-refractivity contribution is 7.94. The minimum atomic E-state index is 0.488. The predicted octanol–water partition coefficient (Wildman–Crippen LogP) is 0.790. The molecule has 1 aliphatic carbocycles. The molecule has 1 unspecified atom stereocenters. The quantitative estimate of drug-likeness (QED) is 0.474. The summed E-state index contributed by atoms with van der Waals surface area (Å²) in [5.74, 6) is 0. The molecule has 2 heterocycles. The highest BCUT2D eigenvalue weighted by Gasteiger charge is 2.42. The molecule has 2 fully saturated rings. The maximum Gasteiger partial charge on any atom is 0.137 e. The zero-order chi connectivity index (χ0) is 20.2. The minimum absolute atomic E-state index is 0.488. The lowest BCUT2D eigenvalue weighted by atomic mass is 10.0. The Balaban J connectivity index is 1.54. The number of fused-ring (bicyclic) bond motifs is 1. The maximum absolute atomic E-state index is 3.91. The van der Waals surface area contributed by atoms with Gasteiger partial charge < -0.3 is 21.3 Å². The average Bonchev–Trinajstić information content (AvgIpc) is 3.59. The van der Waals surface area contributed by atoms with Gasteiger partial charge in [0.05, 0.1) is 11.1 Å². The SMILES string of the molecule is CN/C=C(\CNC)c1cc(NC2CCN([S+](C)C3CC3)CC2)c2c(c1)=CCNC=2. The third-order valence-corrected chi connectivity index (χ3v) is 8.80. The van der Waals surface area contributed by atoms with Crippen LogP contribution in [0.2, 0.25) is 0 Å². The van der Waals surface area contributed by atoms with E-state index in [-0.39, 0.29) is 0 Å². The highest BCUT2D eigenvalue weighted by atomic mass is 32.2. The van der Waals surface area contributed by atoms with Gasteiger partial charge in [0, 0.05) is 75.4 Å². The van der Waals surface area contributed by atoms with Crippen LogP contribution in [0, 0.1) is 0 Å². The smallest absolute Gasteiger partial charge is 0.137 e. The van der Waals surface area contributed by atoms with Crippen LogP contribution in [0.4, 0.5) is 5.69 Å². The predicted molar refractivity (Wildman–Crippen MR) is 128 cm³/mol. The van der Waals surface area contributed by atoms with Crippen molar-refractivity contribution >= 4 is 34.6 Å². The van der Waals surface area contributed by atoms with E-state index in [4.69, 9.17) is 0 Å².